The van der Waals surface area contributed by atoms with E-state index < -0.39 is 11.5 Å². The lowest BCUT2D eigenvalue weighted by atomic mass is 9.70. The Morgan fingerprint density at radius 2 is 1.45 bits per heavy atom. The molecule has 6 aromatic rings. The van der Waals surface area contributed by atoms with Crippen molar-refractivity contribution in [3.8, 4) is 17.0 Å². The van der Waals surface area contributed by atoms with E-state index in [1.54, 1.807) is 7.11 Å². The summed E-state index contributed by atoms with van der Waals surface area (Å²) in [5.41, 5.74) is 10.6. The van der Waals surface area contributed by atoms with Crippen LogP contribution in [0.25, 0.3) is 32.8 Å². The van der Waals surface area contributed by atoms with Crippen LogP contribution in [-0.2, 0) is 5.60 Å². The molecule has 2 unspecified atom stereocenters. The molecular formula is C36H32N2O2. The van der Waals surface area contributed by atoms with Crippen LogP contribution < -0.4 is 10.5 Å². The maximum absolute atomic E-state index is 12.9. The predicted octanol–water partition coefficient (Wildman–Crippen LogP) is 7.43. The lowest BCUT2D eigenvalue weighted by Gasteiger charge is -2.38. The van der Waals surface area contributed by atoms with E-state index in [2.05, 4.69) is 60.7 Å². The summed E-state index contributed by atoms with van der Waals surface area (Å²) < 4.78 is 5.91. The van der Waals surface area contributed by atoms with Gasteiger partial charge < -0.3 is 15.6 Å². The molecule has 0 radical (unpaired) electrons. The van der Waals surface area contributed by atoms with Crippen LogP contribution in [0.5, 0.6) is 5.88 Å². The highest BCUT2D eigenvalue weighted by Gasteiger charge is 2.42. The van der Waals surface area contributed by atoms with E-state index in [1.165, 1.54) is 0 Å². The highest BCUT2D eigenvalue weighted by atomic mass is 16.5. The molecule has 1 aromatic heterocycles. The Bertz CT molecular complexity index is 1760. The number of pyridine rings is 1. The third-order valence-electron chi connectivity index (χ3n) is 7.81. The number of rotatable bonds is 8. The van der Waals surface area contributed by atoms with Gasteiger partial charge in [0.25, 0.3) is 0 Å². The predicted molar refractivity (Wildman–Crippen MR) is 164 cm³/mol. The normalized spacial score (nSPS) is 13.7. The first-order chi connectivity index (χ1) is 19.6. The van der Waals surface area contributed by atoms with Gasteiger partial charge in [-0.2, -0.15) is 0 Å². The van der Waals surface area contributed by atoms with Crippen LogP contribution in [0.3, 0.4) is 0 Å². The second kappa shape index (κ2) is 10.9. The molecular weight excluding hydrogens is 492 g/mol. The largest absolute Gasteiger partial charge is 0.481 e. The minimum Gasteiger partial charge on any atom is -0.481 e. The van der Waals surface area contributed by atoms with Gasteiger partial charge >= 0.3 is 0 Å². The molecule has 40 heavy (non-hydrogen) atoms. The molecule has 4 nitrogen and oxygen atoms in total. The molecule has 3 N–H and O–H groups in total. The minimum absolute atomic E-state index is 0.310. The van der Waals surface area contributed by atoms with Gasteiger partial charge in [0, 0.05) is 16.9 Å². The van der Waals surface area contributed by atoms with E-state index in [9.17, 15) is 5.11 Å². The first kappa shape index (κ1) is 25.8. The zero-order chi connectivity index (χ0) is 27.5. The number of ether oxygens (including phenoxy) is 1. The Balaban J connectivity index is 1.63. The summed E-state index contributed by atoms with van der Waals surface area (Å²) in [4.78, 5) is 4.94. The van der Waals surface area contributed by atoms with Gasteiger partial charge in [0.05, 0.1) is 12.6 Å². The second-order valence-electron chi connectivity index (χ2n) is 10.2. The monoisotopic (exact) mass is 524 g/mol. The van der Waals surface area contributed by atoms with Crippen molar-refractivity contribution >= 4 is 21.7 Å². The van der Waals surface area contributed by atoms with Crippen LogP contribution in [0, 0.1) is 0 Å². The maximum atomic E-state index is 12.9. The number of methoxy groups -OCH3 is 1. The first-order valence-electron chi connectivity index (χ1n) is 13.6. The third-order valence-corrected chi connectivity index (χ3v) is 7.81. The highest BCUT2D eigenvalue weighted by molar-refractivity contribution is 5.88. The molecule has 5 aromatic carbocycles. The van der Waals surface area contributed by atoms with Crippen molar-refractivity contribution in [2.24, 2.45) is 5.73 Å². The molecule has 0 fully saturated rings. The second-order valence-corrected chi connectivity index (χ2v) is 10.2. The summed E-state index contributed by atoms with van der Waals surface area (Å²) in [6, 6.07) is 43.1. The van der Waals surface area contributed by atoms with Gasteiger partial charge in [-0.1, -0.05) is 109 Å². The van der Waals surface area contributed by atoms with Gasteiger partial charge in [0.1, 0.15) is 5.60 Å². The van der Waals surface area contributed by atoms with Crippen LogP contribution >= 0.6 is 0 Å². The summed E-state index contributed by atoms with van der Waals surface area (Å²) in [6.07, 6.45) is 0.353. The SMILES string of the molecule is COc1nc2ccc(-c3ccccc3)cc2cc1C(c1ccccc1)C(O)(CCN)c1cccc2ccccc12. The lowest BCUT2D eigenvalue weighted by molar-refractivity contribution is 0.0134. The van der Waals surface area contributed by atoms with Crippen molar-refractivity contribution in [2.45, 2.75) is 17.9 Å². The number of nitrogens with two attached hydrogens (primary N) is 1. The summed E-state index contributed by atoms with van der Waals surface area (Å²) in [6.45, 7) is 0.310. The number of aliphatic hydroxyl groups is 1. The molecule has 0 aliphatic carbocycles. The van der Waals surface area contributed by atoms with Gasteiger partial charge in [0.15, 0.2) is 0 Å². The van der Waals surface area contributed by atoms with Crippen LogP contribution in [0.4, 0.5) is 0 Å². The molecule has 0 aliphatic heterocycles. The number of hydrogen-bond acceptors (Lipinski definition) is 4. The molecule has 0 amide bonds. The van der Waals surface area contributed by atoms with E-state index >= 15 is 0 Å². The Hall–Kier alpha value is -4.51. The van der Waals surface area contributed by atoms with Crippen molar-refractivity contribution < 1.29 is 9.84 Å². The number of fused-ring (bicyclic) bond motifs is 2. The van der Waals surface area contributed by atoms with Gasteiger partial charge in [0.2, 0.25) is 5.88 Å². The lowest BCUT2D eigenvalue weighted by Crippen LogP contribution is -2.37. The molecule has 4 heteroatoms. The summed E-state index contributed by atoms with van der Waals surface area (Å²) in [7, 11) is 1.64. The molecule has 0 saturated carbocycles. The van der Waals surface area contributed by atoms with Gasteiger partial charge in [-0.3, -0.25) is 0 Å². The average molecular weight is 525 g/mol. The summed E-state index contributed by atoms with van der Waals surface area (Å²) in [5, 5.41) is 16.0. The van der Waals surface area contributed by atoms with Crippen molar-refractivity contribution in [2.75, 3.05) is 13.7 Å². The summed E-state index contributed by atoms with van der Waals surface area (Å²) in [5.74, 6) is -0.000199. The van der Waals surface area contributed by atoms with Crippen molar-refractivity contribution in [1.82, 2.24) is 4.98 Å². The van der Waals surface area contributed by atoms with Gasteiger partial charge in [-0.05, 0) is 64.2 Å². The summed E-state index contributed by atoms with van der Waals surface area (Å²) >= 11 is 0. The van der Waals surface area contributed by atoms with E-state index in [0.717, 1.165) is 49.5 Å². The zero-order valence-electron chi connectivity index (χ0n) is 22.5. The number of hydrogen-bond donors (Lipinski definition) is 2. The van der Waals surface area contributed by atoms with Crippen LogP contribution in [0.2, 0.25) is 0 Å². The minimum atomic E-state index is -1.34. The zero-order valence-corrected chi connectivity index (χ0v) is 22.5. The van der Waals surface area contributed by atoms with Crippen LogP contribution in [-0.4, -0.2) is 23.7 Å². The Morgan fingerprint density at radius 1 is 0.750 bits per heavy atom. The highest BCUT2D eigenvalue weighted by Crippen LogP contribution is 2.48. The van der Waals surface area contributed by atoms with Crippen molar-refractivity contribution in [3.63, 3.8) is 0 Å². The molecule has 0 saturated heterocycles. The Kier molecular flexibility index (Phi) is 7.04. The fourth-order valence-electron chi connectivity index (χ4n) is 5.97. The molecule has 2 atom stereocenters. The third kappa shape index (κ3) is 4.62. The van der Waals surface area contributed by atoms with Gasteiger partial charge in [-0.25, -0.2) is 4.98 Å². The smallest absolute Gasteiger partial charge is 0.217 e. The molecule has 0 spiro atoms. The van der Waals surface area contributed by atoms with Crippen molar-refractivity contribution in [1.29, 1.82) is 0 Å². The average Bonchev–Trinajstić information content (AvgIpc) is 3.01. The van der Waals surface area contributed by atoms with Crippen LogP contribution in [0.15, 0.2) is 127 Å². The van der Waals surface area contributed by atoms with Crippen LogP contribution in [0.1, 0.15) is 29.0 Å². The number of nitrogens with zero attached hydrogens (tertiary/aromatic N) is 1. The van der Waals surface area contributed by atoms with E-state index in [4.69, 9.17) is 15.5 Å². The van der Waals surface area contributed by atoms with E-state index in [-0.39, 0.29) is 0 Å². The molecule has 6 rings (SSSR count). The number of benzene rings is 5. The Morgan fingerprint density at radius 3 is 2.20 bits per heavy atom. The molecule has 0 bridgehead atoms. The Labute approximate surface area is 234 Å². The quantitative estimate of drug-likeness (QED) is 0.217. The fourth-order valence-corrected chi connectivity index (χ4v) is 5.97. The topological polar surface area (TPSA) is 68.4 Å². The standard InChI is InChI=1S/C36H32N2O2/c1-40-35-31(24-29-23-28(19-20-33(29)38-35)25-11-4-2-5-12-25)34(27-14-6-3-7-15-27)36(39,21-22-37)32-18-10-16-26-13-8-9-17-30(26)32/h2-20,23-24,34,39H,21-22,37H2,1H3. The van der Waals surface area contributed by atoms with E-state index in [1.807, 2.05) is 66.7 Å². The number of aromatic nitrogens is 1. The van der Waals surface area contributed by atoms with Crippen molar-refractivity contribution in [3.05, 3.63) is 144 Å². The van der Waals surface area contributed by atoms with Gasteiger partial charge in [-0.15, -0.1) is 0 Å². The van der Waals surface area contributed by atoms with E-state index in [0.29, 0.717) is 18.8 Å². The molecule has 1 heterocycles. The first-order valence-corrected chi connectivity index (χ1v) is 13.6. The fraction of sp³-hybridized carbons (Fsp3) is 0.139. The maximum Gasteiger partial charge on any atom is 0.217 e. The molecule has 0 aliphatic rings. The molecule has 198 valence electrons.